The largest absolute Gasteiger partial charge is 0.480 e. The number of hydrogen-bond donors (Lipinski definition) is 6. The number of carbonyl (C=O) groups excluding carboxylic acids is 3. The zero-order chi connectivity index (χ0) is 21.4. The van der Waals surface area contributed by atoms with Crippen LogP contribution in [0.3, 0.4) is 0 Å². The maximum absolute atomic E-state index is 13.1. The number of likely N-dealkylation sites (tertiary alicyclic amines) is 1. The molecular weight excluding hydrogens is 388 g/mol. The fourth-order valence-electron chi connectivity index (χ4n) is 2.96. The Morgan fingerprint density at radius 3 is 2.43 bits per heavy atom. The van der Waals surface area contributed by atoms with E-state index >= 15 is 0 Å². The van der Waals surface area contributed by atoms with Crippen molar-refractivity contribution in [2.24, 2.45) is 11.7 Å². The minimum absolute atomic E-state index is 0.0770. The maximum Gasteiger partial charge on any atom is 0.327 e. The molecule has 6 N–H and O–H groups in total. The van der Waals surface area contributed by atoms with Gasteiger partial charge in [0.2, 0.25) is 17.7 Å². The summed E-state index contributed by atoms with van der Waals surface area (Å²) in [7, 11) is 0. The standard InChI is InChI=1S/C17H30N4O6S/c1-3-9(2)13(20-14(23)10(18)7-22)16(25)21-6-4-5-12(21)15(24)19-11(8-28)17(26)27/h9-13,22,28H,3-8,18H2,1-2H3,(H,19,24)(H,20,23)(H,26,27). The Balaban J connectivity index is 2.95. The molecule has 1 heterocycles. The van der Waals surface area contributed by atoms with Crippen LogP contribution in [0, 0.1) is 5.92 Å². The Kier molecular flexibility index (Phi) is 9.70. The Morgan fingerprint density at radius 2 is 1.93 bits per heavy atom. The monoisotopic (exact) mass is 418 g/mol. The Morgan fingerprint density at radius 1 is 1.29 bits per heavy atom. The minimum atomic E-state index is -1.21. The third kappa shape index (κ3) is 6.08. The Hall–Kier alpha value is -1.85. The number of thiol groups is 1. The molecule has 5 unspecified atom stereocenters. The summed E-state index contributed by atoms with van der Waals surface area (Å²) in [4.78, 5) is 50.2. The van der Waals surface area contributed by atoms with Crippen LogP contribution in [0.15, 0.2) is 0 Å². The number of carbonyl (C=O) groups is 4. The molecule has 3 amide bonds. The summed E-state index contributed by atoms with van der Waals surface area (Å²) in [6, 6.07) is -4.02. The van der Waals surface area contributed by atoms with E-state index < -0.39 is 54.5 Å². The number of carboxylic acid groups (broad SMARTS) is 1. The number of nitrogens with two attached hydrogens (primary N) is 1. The molecule has 0 saturated carbocycles. The van der Waals surface area contributed by atoms with Crippen molar-refractivity contribution < 1.29 is 29.4 Å². The molecule has 0 aliphatic carbocycles. The predicted octanol–water partition coefficient (Wildman–Crippen LogP) is -1.67. The van der Waals surface area contributed by atoms with E-state index in [0.717, 1.165) is 0 Å². The average Bonchev–Trinajstić information content (AvgIpc) is 3.17. The molecule has 0 bridgehead atoms. The van der Waals surface area contributed by atoms with Crippen LogP contribution in [0.25, 0.3) is 0 Å². The molecule has 11 heteroatoms. The molecule has 1 aliphatic heterocycles. The van der Waals surface area contributed by atoms with Gasteiger partial charge in [0.1, 0.15) is 24.2 Å². The van der Waals surface area contributed by atoms with Crippen LogP contribution in [0.2, 0.25) is 0 Å². The van der Waals surface area contributed by atoms with Gasteiger partial charge < -0.3 is 31.5 Å². The number of nitrogens with one attached hydrogen (secondary N) is 2. The van der Waals surface area contributed by atoms with E-state index in [1.165, 1.54) is 4.90 Å². The minimum Gasteiger partial charge on any atom is -0.480 e. The highest BCUT2D eigenvalue weighted by molar-refractivity contribution is 7.80. The van der Waals surface area contributed by atoms with Crippen LogP contribution in [-0.2, 0) is 19.2 Å². The van der Waals surface area contributed by atoms with Crippen LogP contribution in [0.5, 0.6) is 0 Å². The van der Waals surface area contributed by atoms with E-state index in [1.54, 1.807) is 6.92 Å². The number of aliphatic carboxylic acids is 1. The molecule has 5 atom stereocenters. The van der Waals surface area contributed by atoms with Crippen LogP contribution >= 0.6 is 12.6 Å². The normalized spacial score (nSPS) is 20.8. The number of aliphatic hydroxyl groups is 1. The third-order valence-corrected chi connectivity index (χ3v) is 5.31. The highest BCUT2D eigenvalue weighted by atomic mass is 32.1. The van der Waals surface area contributed by atoms with Gasteiger partial charge in [-0.05, 0) is 18.8 Å². The molecule has 28 heavy (non-hydrogen) atoms. The highest BCUT2D eigenvalue weighted by Crippen LogP contribution is 2.21. The van der Waals surface area contributed by atoms with Crippen molar-refractivity contribution in [3.63, 3.8) is 0 Å². The van der Waals surface area contributed by atoms with Gasteiger partial charge in [-0.3, -0.25) is 14.4 Å². The first-order chi connectivity index (χ1) is 13.2. The highest BCUT2D eigenvalue weighted by Gasteiger charge is 2.40. The fraction of sp³-hybridized carbons (Fsp3) is 0.765. The number of nitrogens with zero attached hydrogens (tertiary/aromatic N) is 1. The van der Waals surface area contributed by atoms with Gasteiger partial charge in [0.05, 0.1) is 6.61 Å². The zero-order valence-electron chi connectivity index (χ0n) is 16.1. The van der Waals surface area contributed by atoms with Gasteiger partial charge in [0, 0.05) is 12.3 Å². The van der Waals surface area contributed by atoms with Crippen LogP contribution in [-0.4, -0.2) is 81.9 Å². The molecular formula is C17H30N4O6S. The van der Waals surface area contributed by atoms with E-state index in [2.05, 4.69) is 23.3 Å². The SMILES string of the molecule is CCC(C)C(NC(=O)C(N)CO)C(=O)N1CCCC1C(=O)NC(CS)C(=O)O. The number of aliphatic hydroxyl groups excluding tert-OH is 1. The van der Waals surface area contributed by atoms with Crippen molar-refractivity contribution in [3.8, 4) is 0 Å². The predicted molar refractivity (Wildman–Crippen MR) is 105 cm³/mol. The molecule has 0 aromatic carbocycles. The lowest BCUT2D eigenvalue weighted by molar-refractivity contribution is -0.145. The number of hydrogen-bond acceptors (Lipinski definition) is 7. The van der Waals surface area contributed by atoms with E-state index in [-0.39, 0.29) is 11.7 Å². The lowest BCUT2D eigenvalue weighted by Crippen LogP contribution is -2.58. The first-order valence-electron chi connectivity index (χ1n) is 9.29. The van der Waals surface area contributed by atoms with Gasteiger partial charge in [0.25, 0.3) is 0 Å². The van der Waals surface area contributed by atoms with E-state index in [9.17, 15) is 19.2 Å². The molecule has 0 spiro atoms. The van der Waals surface area contributed by atoms with E-state index in [4.69, 9.17) is 15.9 Å². The summed E-state index contributed by atoms with van der Waals surface area (Å²) in [5, 5.41) is 23.1. The van der Waals surface area contributed by atoms with Gasteiger partial charge in [-0.2, -0.15) is 12.6 Å². The number of amides is 3. The molecule has 0 aromatic rings. The van der Waals surface area contributed by atoms with Gasteiger partial charge in [-0.25, -0.2) is 4.79 Å². The van der Waals surface area contributed by atoms with E-state index in [1.807, 2.05) is 6.92 Å². The second kappa shape index (κ2) is 11.2. The number of rotatable bonds is 10. The molecule has 10 nitrogen and oxygen atoms in total. The first-order valence-corrected chi connectivity index (χ1v) is 9.92. The van der Waals surface area contributed by atoms with Gasteiger partial charge in [-0.15, -0.1) is 0 Å². The third-order valence-electron chi connectivity index (χ3n) is 4.95. The maximum atomic E-state index is 13.1. The first kappa shape index (κ1) is 24.2. The molecule has 160 valence electrons. The molecule has 1 rings (SSSR count). The summed E-state index contributed by atoms with van der Waals surface area (Å²) in [6.07, 6.45) is 1.57. The van der Waals surface area contributed by atoms with Crippen LogP contribution in [0.1, 0.15) is 33.1 Å². The molecule has 0 aromatic heterocycles. The topological polar surface area (TPSA) is 162 Å². The van der Waals surface area contributed by atoms with Gasteiger partial charge in [-0.1, -0.05) is 20.3 Å². The lowest BCUT2D eigenvalue weighted by atomic mass is 9.97. The molecule has 1 saturated heterocycles. The molecule has 1 fully saturated rings. The van der Waals surface area contributed by atoms with E-state index in [0.29, 0.717) is 25.8 Å². The van der Waals surface area contributed by atoms with Gasteiger partial charge >= 0.3 is 5.97 Å². The average molecular weight is 419 g/mol. The fourth-order valence-corrected chi connectivity index (χ4v) is 3.21. The summed E-state index contributed by atoms with van der Waals surface area (Å²) in [5.41, 5.74) is 5.52. The molecule has 0 radical (unpaired) electrons. The summed E-state index contributed by atoms with van der Waals surface area (Å²) >= 11 is 3.92. The van der Waals surface area contributed by atoms with Crippen molar-refractivity contribution >= 4 is 36.3 Å². The summed E-state index contributed by atoms with van der Waals surface area (Å²) < 4.78 is 0. The van der Waals surface area contributed by atoms with Crippen molar-refractivity contribution in [1.29, 1.82) is 0 Å². The van der Waals surface area contributed by atoms with Crippen molar-refractivity contribution in [2.75, 3.05) is 18.9 Å². The second-order valence-electron chi connectivity index (χ2n) is 6.93. The smallest absolute Gasteiger partial charge is 0.327 e. The molecule has 1 aliphatic rings. The Bertz CT molecular complexity index is 590. The van der Waals surface area contributed by atoms with Gasteiger partial charge in [0.15, 0.2) is 0 Å². The zero-order valence-corrected chi connectivity index (χ0v) is 17.0. The number of carboxylic acids is 1. The second-order valence-corrected chi connectivity index (χ2v) is 7.30. The van der Waals surface area contributed by atoms with Crippen molar-refractivity contribution in [2.45, 2.75) is 57.3 Å². The van der Waals surface area contributed by atoms with Crippen molar-refractivity contribution in [3.05, 3.63) is 0 Å². The summed E-state index contributed by atoms with van der Waals surface area (Å²) in [6.45, 7) is 3.42. The van der Waals surface area contributed by atoms with Crippen LogP contribution in [0.4, 0.5) is 0 Å². The van der Waals surface area contributed by atoms with Crippen molar-refractivity contribution in [1.82, 2.24) is 15.5 Å². The Labute approximate surface area is 169 Å². The summed E-state index contributed by atoms with van der Waals surface area (Å²) in [5.74, 6) is -3.15. The quantitative estimate of drug-likeness (QED) is 0.231. The van der Waals surface area contributed by atoms with Crippen LogP contribution < -0.4 is 16.4 Å². The lowest BCUT2D eigenvalue weighted by Gasteiger charge is -2.32.